The lowest BCUT2D eigenvalue weighted by molar-refractivity contribution is 0.133. The molecule has 6 heteroatoms. The third-order valence-electron chi connectivity index (χ3n) is 2.28. The molecule has 5 nitrogen and oxygen atoms in total. The molecule has 0 bridgehead atoms. The van der Waals surface area contributed by atoms with Crippen LogP contribution in [0.1, 0.15) is 40.0 Å². The van der Waals surface area contributed by atoms with Crippen molar-refractivity contribution >= 4 is 10.0 Å². The van der Waals surface area contributed by atoms with Crippen LogP contribution in [0, 0.1) is 0 Å². The Morgan fingerprint density at radius 3 is 2.44 bits per heavy atom. The second kappa shape index (κ2) is 10.7. The fraction of sp³-hybridized carbons (Fsp3) is 1.00. The van der Waals surface area contributed by atoms with Crippen LogP contribution in [0.15, 0.2) is 0 Å². The molecule has 0 aromatic rings. The summed E-state index contributed by atoms with van der Waals surface area (Å²) in [4.78, 5) is 0. The van der Waals surface area contributed by atoms with Crippen molar-refractivity contribution in [2.24, 2.45) is 0 Å². The van der Waals surface area contributed by atoms with E-state index in [-0.39, 0.29) is 5.75 Å². The Bertz CT molecular complexity index is 279. The summed E-state index contributed by atoms with van der Waals surface area (Å²) < 4.78 is 31.0. The molecule has 0 rings (SSSR count). The number of hydrogen-bond acceptors (Lipinski definition) is 4. The summed E-state index contributed by atoms with van der Waals surface area (Å²) in [5.74, 6) is 0.183. The maximum atomic E-state index is 11.6. The predicted octanol–water partition coefficient (Wildman–Crippen LogP) is 1.11. The van der Waals surface area contributed by atoms with E-state index < -0.39 is 10.0 Å². The highest BCUT2D eigenvalue weighted by Crippen LogP contribution is 1.91. The lowest BCUT2D eigenvalue weighted by Gasteiger charge is -2.09. The Hall–Kier alpha value is -0.170. The molecule has 0 aromatic heterocycles. The molecule has 110 valence electrons. The summed E-state index contributed by atoms with van der Waals surface area (Å²) >= 11 is 0. The van der Waals surface area contributed by atoms with E-state index in [2.05, 4.69) is 10.0 Å². The van der Waals surface area contributed by atoms with E-state index in [1.807, 2.05) is 20.8 Å². The van der Waals surface area contributed by atoms with Gasteiger partial charge in [0.1, 0.15) is 0 Å². The summed E-state index contributed by atoms with van der Waals surface area (Å²) in [6.45, 7) is 8.70. The van der Waals surface area contributed by atoms with Crippen molar-refractivity contribution in [3.05, 3.63) is 0 Å². The molecule has 0 radical (unpaired) electrons. The van der Waals surface area contributed by atoms with E-state index in [0.717, 1.165) is 26.0 Å². The molecule has 0 amide bonds. The van der Waals surface area contributed by atoms with Gasteiger partial charge in [-0.1, -0.05) is 20.8 Å². The molecule has 0 aliphatic rings. The van der Waals surface area contributed by atoms with E-state index in [9.17, 15) is 8.42 Å². The van der Waals surface area contributed by atoms with Crippen molar-refractivity contribution in [1.29, 1.82) is 0 Å². The van der Waals surface area contributed by atoms with E-state index >= 15 is 0 Å². The lowest BCUT2D eigenvalue weighted by Crippen LogP contribution is -2.31. The molecule has 0 aliphatic heterocycles. The smallest absolute Gasteiger partial charge is 0.211 e. The molecule has 0 aromatic carbocycles. The van der Waals surface area contributed by atoms with Crippen molar-refractivity contribution in [3.63, 3.8) is 0 Å². The van der Waals surface area contributed by atoms with E-state index in [0.29, 0.717) is 25.6 Å². The van der Waals surface area contributed by atoms with Crippen LogP contribution in [0.2, 0.25) is 0 Å². The van der Waals surface area contributed by atoms with Crippen LogP contribution < -0.4 is 10.0 Å². The standard InChI is InChI=1S/C12H28N2O3S/c1-4-9-17-10-5-8-14-18(15,16)11-6-7-13-12(2)3/h12-14H,4-11H2,1-3H3. The first-order valence-electron chi connectivity index (χ1n) is 6.76. The third kappa shape index (κ3) is 12.3. The Balaban J connectivity index is 3.49. The van der Waals surface area contributed by atoms with Crippen molar-refractivity contribution in [3.8, 4) is 0 Å². The fourth-order valence-electron chi connectivity index (χ4n) is 1.37. The zero-order chi connectivity index (χ0) is 13.9. The summed E-state index contributed by atoms with van der Waals surface area (Å²) in [7, 11) is -3.12. The molecule has 0 spiro atoms. The van der Waals surface area contributed by atoms with Gasteiger partial charge in [0.15, 0.2) is 0 Å². The average Bonchev–Trinajstić information content (AvgIpc) is 2.29. The Morgan fingerprint density at radius 2 is 1.83 bits per heavy atom. The lowest BCUT2D eigenvalue weighted by atomic mass is 10.4. The van der Waals surface area contributed by atoms with Gasteiger partial charge in [-0.2, -0.15) is 0 Å². The van der Waals surface area contributed by atoms with E-state index in [1.165, 1.54) is 0 Å². The van der Waals surface area contributed by atoms with Gasteiger partial charge in [-0.15, -0.1) is 0 Å². The number of nitrogens with one attached hydrogen (secondary N) is 2. The van der Waals surface area contributed by atoms with Gasteiger partial charge in [-0.25, -0.2) is 13.1 Å². The van der Waals surface area contributed by atoms with Crippen LogP contribution >= 0.6 is 0 Å². The number of sulfonamides is 1. The van der Waals surface area contributed by atoms with Gasteiger partial charge in [0, 0.05) is 25.8 Å². The van der Waals surface area contributed by atoms with Gasteiger partial charge >= 0.3 is 0 Å². The minimum Gasteiger partial charge on any atom is -0.381 e. The number of hydrogen-bond donors (Lipinski definition) is 2. The first kappa shape index (κ1) is 17.8. The molecule has 0 unspecified atom stereocenters. The molecular formula is C12H28N2O3S. The second-order valence-electron chi connectivity index (χ2n) is 4.64. The topological polar surface area (TPSA) is 67.4 Å². The number of rotatable bonds is 12. The molecule has 0 atom stereocenters. The zero-order valence-corrected chi connectivity index (χ0v) is 12.7. The first-order chi connectivity index (χ1) is 8.48. The number of ether oxygens (including phenoxy) is 1. The van der Waals surface area contributed by atoms with Crippen LogP contribution in [0.25, 0.3) is 0 Å². The van der Waals surface area contributed by atoms with Gasteiger partial charge in [-0.05, 0) is 25.8 Å². The van der Waals surface area contributed by atoms with Crippen molar-refractivity contribution in [2.45, 2.75) is 46.1 Å². The van der Waals surface area contributed by atoms with Gasteiger partial charge in [0.2, 0.25) is 10.0 Å². The molecule has 0 aliphatic carbocycles. The van der Waals surface area contributed by atoms with Crippen molar-refractivity contribution in [1.82, 2.24) is 10.0 Å². The largest absolute Gasteiger partial charge is 0.381 e. The van der Waals surface area contributed by atoms with Crippen molar-refractivity contribution in [2.75, 3.05) is 32.1 Å². The van der Waals surface area contributed by atoms with Crippen LogP contribution in [0.4, 0.5) is 0 Å². The molecular weight excluding hydrogens is 252 g/mol. The Morgan fingerprint density at radius 1 is 1.11 bits per heavy atom. The highest BCUT2D eigenvalue weighted by molar-refractivity contribution is 7.89. The fourth-order valence-corrected chi connectivity index (χ4v) is 2.50. The van der Waals surface area contributed by atoms with E-state index in [4.69, 9.17) is 4.74 Å². The zero-order valence-electron chi connectivity index (χ0n) is 11.9. The molecule has 0 saturated carbocycles. The normalized spacial score (nSPS) is 12.2. The van der Waals surface area contributed by atoms with Gasteiger partial charge in [0.25, 0.3) is 0 Å². The molecule has 18 heavy (non-hydrogen) atoms. The maximum Gasteiger partial charge on any atom is 0.211 e. The Labute approximate surface area is 112 Å². The predicted molar refractivity (Wildman–Crippen MR) is 75.3 cm³/mol. The van der Waals surface area contributed by atoms with Gasteiger partial charge < -0.3 is 10.1 Å². The quantitative estimate of drug-likeness (QED) is 0.526. The summed E-state index contributed by atoms with van der Waals surface area (Å²) in [5.41, 5.74) is 0. The first-order valence-corrected chi connectivity index (χ1v) is 8.41. The average molecular weight is 280 g/mol. The Kier molecular flexibility index (Phi) is 10.6. The van der Waals surface area contributed by atoms with Gasteiger partial charge in [-0.3, -0.25) is 0 Å². The maximum absolute atomic E-state index is 11.6. The summed E-state index contributed by atoms with van der Waals surface area (Å²) in [6.07, 6.45) is 2.36. The molecule has 0 heterocycles. The molecule has 0 fully saturated rings. The monoisotopic (exact) mass is 280 g/mol. The summed E-state index contributed by atoms with van der Waals surface area (Å²) in [5, 5.41) is 3.20. The molecule has 2 N–H and O–H groups in total. The van der Waals surface area contributed by atoms with Crippen LogP contribution in [-0.4, -0.2) is 46.5 Å². The van der Waals surface area contributed by atoms with Crippen LogP contribution in [0.3, 0.4) is 0 Å². The minimum absolute atomic E-state index is 0.183. The summed E-state index contributed by atoms with van der Waals surface area (Å²) in [6, 6.07) is 0.399. The van der Waals surface area contributed by atoms with E-state index in [1.54, 1.807) is 0 Å². The minimum atomic E-state index is -3.12. The second-order valence-corrected chi connectivity index (χ2v) is 6.57. The highest BCUT2D eigenvalue weighted by atomic mass is 32.2. The van der Waals surface area contributed by atoms with Crippen molar-refractivity contribution < 1.29 is 13.2 Å². The third-order valence-corrected chi connectivity index (χ3v) is 3.75. The molecule has 0 saturated heterocycles. The highest BCUT2D eigenvalue weighted by Gasteiger charge is 2.08. The van der Waals surface area contributed by atoms with Gasteiger partial charge in [0.05, 0.1) is 5.75 Å². The van der Waals surface area contributed by atoms with Crippen LogP contribution in [-0.2, 0) is 14.8 Å². The van der Waals surface area contributed by atoms with Crippen LogP contribution in [0.5, 0.6) is 0 Å². The SMILES string of the molecule is CCCOCCCNS(=O)(=O)CCCNC(C)C.